The Morgan fingerprint density at radius 2 is 1.83 bits per heavy atom. The lowest BCUT2D eigenvalue weighted by molar-refractivity contribution is 0.272. The second kappa shape index (κ2) is 12.2. The van der Waals surface area contributed by atoms with Crippen LogP contribution in [0.5, 0.6) is 0 Å². The van der Waals surface area contributed by atoms with Crippen molar-refractivity contribution >= 4 is 30.2 Å². The van der Waals surface area contributed by atoms with Crippen molar-refractivity contribution in [2.45, 2.75) is 96.2 Å². The molecule has 4 aromatic rings. The molecule has 3 heterocycles. The maximum absolute atomic E-state index is 12.1. The molecule has 10 heteroatoms. The first-order chi connectivity index (χ1) is 19.2. The second-order valence-electron chi connectivity index (χ2n) is 12.9. The molecule has 2 atom stereocenters. The normalized spacial score (nSPS) is 14.4. The van der Waals surface area contributed by atoms with Gasteiger partial charge >= 0.3 is 0 Å². The predicted octanol–water partition coefficient (Wildman–Crippen LogP) is 7.07. The molecule has 0 radical (unpaired) electrons. The van der Waals surface area contributed by atoms with Gasteiger partial charge in [-0.3, -0.25) is 5.14 Å². The standard InChI is InChI=1S/C31H44N6O2SSi/c1-9-11-23(19-31(5,6)40(32)38)29-33-17-16-26(36-29)22-14-15-24-20-34-37(27(24)18-22)28-13-10-12-25(35-28)21-39-41(7,8)30(2,3)4/h10,12-18,20,23H,9,11,19,21,32H2,1-8H3/t23-,40?/m0/s1. The van der Waals surface area contributed by atoms with Crippen molar-refractivity contribution in [1.29, 1.82) is 0 Å². The number of nitrogens with two attached hydrogens (primary N) is 1. The average molecular weight is 593 g/mol. The molecule has 0 fully saturated rings. The van der Waals surface area contributed by atoms with Gasteiger partial charge in [0, 0.05) is 23.1 Å². The van der Waals surface area contributed by atoms with E-state index < -0.39 is 24.1 Å². The van der Waals surface area contributed by atoms with E-state index in [2.05, 4.69) is 69.1 Å². The summed E-state index contributed by atoms with van der Waals surface area (Å²) in [5.41, 5.74) is 3.64. The maximum Gasteiger partial charge on any atom is 0.192 e. The Hall–Kier alpha value is -2.79. The number of benzene rings is 1. The number of pyridine rings is 1. The number of nitrogens with zero attached hydrogens (tertiary/aromatic N) is 5. The van der Waals surface area contributed by atoms with Crippen LogP contribution in [0, 0.1) is 0 Å². The number of rotatable bonds is 11. The third-order valence-electron chi connectivity index (χ3n) is 8.22. The van der Waals surface area contributed by atoms with Gasteiger partial charge in [0.25, 0.3) is 0 Å². The van der Waals surface area contributed by atoms with E-state index in [-0.39, 0.29) is 11.0 Å². The summed E-state index contributed by atoms with van der Waals surface area (Å²) in [4.78, 5) is 14.5. The van der Waals surface area contributed by atoms with Crippen LogP contribution >= 0.6 is 0 Å². The van der Waals surface area contributed by atoms with Gasteiger partial charge in [-0.15, -0.1) is 0 Å². The molecule has 4 rings (SSSR count). The monoisotopic (exact) mass is 592 g/mol. The van der Waals surface area contributed by atoms with Gasteiger partial charge < -0.3 is 4.43 Å². The van der Waals surface area contributed by atoms with Crippen molar-refractivity contribution in [2.24, 2.45) is 5.14 Å². The quantitative estimate of drug-likeness (QED) is 0.187. The maximum atomic E-state index is 12.1. The minimum absolute atomic E-state index is 0.0668. The van der Waals surface area contributed by atoms with Gasteiger partial charge in [-0.25, -0.2) is 23.8 Å². The first kappa shape index (κ1) is 31.1. The van der Waals surface area contributed by atoms with Crippen molar-refractivity contribution in [1.82, 2.24) is 24.7 Å². The fourth-order valence-corrected chi connectivity index (χ4v) is 5.88. The number of hydrogen-bond donors (Lipinski definition) is 1. The fourth-order valence-electron chi connectivity index (χ4n) is 4.57. The molecule has 1 aromatic carbocycles. The molecule has 41 heavy (non-hydrogen) atoms. The fraction of sp³-hybridized carbons (Fsp3) is 0.484. The Kier molecular flexibility index (Phi) is 9.28. The molecule has 0 amide bonds. The van der Waals surface area contributed by atoms with E-state index in [4.69, 9.17) is 19.5 Å². The van der Waals surface area contributed by atoms with Crippen LogP contribution in [0.4, 0.5) is 0 Å². The molecule has 0 aliphatic rings. The molecule has 0 spiro atoms. The van der Waals surface area contributed by atoms with Gasteiger partial charge in [-0.1, -0.05) is 52.3 Å². The molecule has 0 saturated heterocycles. The van der Waals surface area contributed by atoms with Crippen LogP contribution in [0.25, 0.3) is 28.0 Å². The van der Waals surface area contributed by atoms with Crippen molar-refractivity contribution in [2.75, 3.05) is 0 Å². The highest BCUT2D eigenvalue weighted by Crippen LogP contribution is 2.37. The van der Waals surface area contributed by atoms with E-state index >= 15 is 0 Å². The lowest BCUT2D eigenvalue weighted by atomic mass is 9.91. The van der Waals surface area contributed by atoms with E-state index in [1.165, 1.54) is 0 Å². The molecule has 0 aliphatic heterocycles. The Morgan fingerprint density at radius 3 is 2.51 bits per heavy atom. The number of hydrogen-bond acceptors (Lipinski definition) is 6. The first-order valence-corrected chi connectivity index (χ1v) is 18.4. The zero-order valence-electron chi connectivity index (χ0n) is 25.6. The third-order valence-corrected chi connectivity index (χ3v) is 14.0. The summed E-state index contributed by atoms with van der Waals surface area (Å²) in [6.07, 6.45) is 6.19. The smallest absolute Gasteiger partial charge is 0.192 e. The molecule has 0 bridgehead atoms. The Balaban J connectivity index is 1.64. The topological polar surface area (TPSA) is 109 Å². The average Bonchev–Trinajstić information content (AvgIpc) is 3.34. The minimum Gasteiger partial charge on any atom is -0.411 e. The van der Waals surface area contributed by atoms with Crippen molar-refractivity contribution in [3.05, 3.63) is 66.4 Å². The number of fused-ring (bicyclic) bond motifs is 1. The molecule has 0 saturated carbocycles. The zero-order chi connectivity index (χ0) is 30.0. The van der Waals surface area contributed by atoms with Crippen molar-refractivity contribution in [3.63, 3.8) is 0 Å². The van der Waals surface area contributed by atoms with E-state index in [1.807, 2.05) is 55.2 Å². The second-order valence-corrected chi connectivity index (χ2v) is 19.4. The Labute approximate surface area is 247 Å². The first-order valence-electron chi connectivity index (χ1n) is 14.3. The van der Waals surface area contributed by atoms with Crippen LogP contribution in [-0.2, 0) is 22.0 Å². The zero-order valence-corrected chi connectivity index (χ0v) is 27.5. The van der Waals surface area contributed by atoms with Crippen LogP contribution in [0.3, 0.4) is 0 Å². The van der Waals surface area contributed by atoms with Crippen molar-refractivity contribution < 1.29 is 8.63 Å². The van der Waals surface area contributed by atoms with Gasteiger partial charge in [0.05, 0.1) is 45.4 Å². The molecular formula is C31H44N6O2SSi. The lowest BCUT2D eigenvalue weighted by Gasteiger charge is -2.36. The Morgan fingerprint density at radius 1 is 1.07 bits per heavy atom. The summed E-state index contributed by atoms with van der Waals surface area (Å²) >= 11 is 0. The Bertz CT molecular complexity index is 1530. The van der Waals surface area contributed by atoms with E-state index in [0.29, 0.717) is 13.0 Å². The van der Waals surface area contributed by atoms with Gasteiger partial charge in [-0.05, 0) is 69.1 Å². The van der Waals surface area contributed by atoms with Crippen LogP contribution in [0.2, 0.25) is 18.1 Å². The van der Waals surface area contributed by atoms with Crippen molar-refractivity contribution in [3.8, 4) is 17.1 Å². The molecule has 8 nitrogen and oxygen atoms in total. The largest absolute Gasteiger partial charge is 0.411 e. The molecule has 0 aliphatic carbocycles. The molecule has 220 valence electrons. The van der Waals surface area contributed by atoms with Gasteiger partial charge in [0.1, 0.15) is 5.82 Å². The van der Waals surface area contributed by atoms with Gasteiger partial charge in [0.2, 0.25) is 0 Å². The highest BCUT2D eigenvalue weighted by Gasteiger charge is 2.37. The number of aromatic nitrogens is 5. The van der Waals surface area contributed by atoms with Crippen LogP contribution in [-0.4, -0.2) is 42.0 Å². The highest BCUT2D eigenvalue weighted by molar-refractivity contribution is 7.84. The van der Waals surface area contributed by atoms with Gasteiger partial charge in [-0.2, -0.15) is 5.10 Å². The summed E-state index contributed by atoms with van der Waals surface area (Å²) < 4.78 is 19.9. The van der Waals surface area contributed by atoms with E-state index in [0.717, 1.165) is 52.3 Å². The summed E-state index contributed by atoms with van der Waals surface area (Å²) in [5.74, 6) is 1.57. The lowest BCUT2D eigenvalue weighted by Crippen LogP contribution is -2.40. The molecular weight excluding hydrogens is 549 g/mol. The molecule has 2 N–H and O–H groups in total. The van der Waals surface area contributed by atoms with E-state index in [9.17, 15) is 4.21 Å². The third kappa shape index (κ3) is 7.17. The summed E-state index contributed by atoms with van der Waals surface area (Å²) in [6, 6.07) is 14.1. The SMILES string of the molecule is CCC[C@@H](CC(C)(C)S(N)=O)c1nccc(-c2ccc3cnn(-c4cccc(CO[Si](C)(C)C(C)(C)C)n4)c3c2)n1. The predicted molar refractivity (Wildman–Crippen MR) is 171 cm³/mol. The van der Waals surface area contributed by atoms with Crippen LogP contribution in [0.15, 0.2) is 54.9 Å². The summed E-state index contributed by atoms with van der Waals surface area (Å²) in [6.45, 7) is 17.7. The summed E-state index contributed by atoms with van der Waals surface area (Å²) in [7, 11) is -3.33. The van der Waals surface area contributed by atoms with Crippen LogP contribution < -0.4 is 5.14 Å². The van der Waals surface area contributed by atoms with Crippen LogP contribution in [0.1, 0.15) is 78.2 Å². The highest BCUT2D eigenvalue weighted by atomic mass is 32.2. The summed E-state index contributed by atoms with van der Waals surface area (Å²) in [5, 5.41) is 11.6. The molecule has 1 unspecified atom stereocenters. The molecule has 3 aromatic heterocycles. The van der Waals surface area contributed by atoms with Gasteiger partial charge in [0.15, 0.2) is 14.1 Å². The van der Waals surface area contributed by atoms with E-state index in [1.54, 1.807) is 0 Å². The minimum atomic E-state index is -1.89.